The number of aromatic nitrogens is 4. The van der Waals surface area contributed by atoms with Gasteiger partial charge in [-0.05, 0) is 25.0 Å². The molecule has 1 aliphatic rings. The fourth-order valence-electron chi connectivity index (χ4n) is 3.18. The summed E-state index contributed by atoms with van der Waals surface area (Å²) in [5.74, 6) is -0.0708. The molecule has 0 aromatic carbocycles. The summed E-state index contributed by atoms with van der Waals surface area (Å²) in [4.78, 5) is 23.2. The van der Waals surface area contributed by atoms with Gasteiger partial charge >= 0.3 is 0 Å². The van der Waals surface area contributed by atoms with Gasteiger partial charge in [-0.2, -0.15) is 0 Å². The van der Waals surface area contributed by atoms with Gasteiger partial charge in [0.2, 0.25) is 0 Å². The first-order valence-corrected chi connectivity index (χ1v) is 8.01. The molecule has 6 nitrogen and oxygen atoms in total. The Bertz CT molecular complexity index is 841. The number of hydrogen-bond donors (Lipinski definition) is 0. The molecule has 7 heteroatoms. The van der Waals surface area contributed by atoms with Crippen molar-refractivity contribution in [3.8, 4) is 0 Å². The molecule has 118 valence electrons. The summed E-state index contributed by atoms with van der Waals surface area (Å²) in [6.45, 7) is 1.39. The SMILES string of the molecule is O=C(c1c(Cl)nc2ccccn12)N1CCC[C@H](n2ccnc2)C1. The second-order valence-corrected chi connectivity index (χ2v) is 6.10. The van der Waals surface area contributed by atoms with Gasteiger partial charge in [0, 0.05) is 31.7 Å². The van der Waals surface area contributed by atoms with Gasteiger partial charge in [0.25, 0.3) is 5.91 Å². The van der Waals surface area contributed by atoms with Crippen LogP contribution in [0.5, 0.6) is 0 Å². The Hall–Kier alpha value is -2.34. The van der Waals surface area contributed by atoms with E-state index in [0.29, 0.717) is 17.9 Å². The summed E-state index contributed by atoms with van der Waals surface area (Å²) >= 11 is 6.22. The van der Waals surface area contributed by atoms with Crippen LogP contribution in [0.15, 0.2) is 43.1 Å². The zero-order chi connectivity index (χ0) is 15.8. The van der Waals surface area contributed by atoms with Crippen LogP contribution in [0.2, 0.25) is 5.15 Å². The molecule has 3 aromatic heterocycles. The molecule has 4 rings (SSSR count). The average Bonchev–Trinajstić information content (AvgIpc) is 3.21. The Morgan fingerprint density at radius 1 is 1.30 bits per heavy atom. The van der Waals surface area contributed by atoms with Gasteiger partial charge in [0.15, 0.2) is 10.8 Å². The molecule has 1 amide bonds. The second kappa shape index (κ2) is 5.70. The molecule has 0 unspecified atom stereocenters. The lowest BCUT2D eigenvalue weighted by Crippen LogP contribution is -2.41. The molecule has 4 heterocycles. The second-order valence-electron chi connectivity index (χ2n) is 5.74. The number of nitrogens with zero attached hydrogens (tertiary/aromatic N) is 5. The van der Waals surface area contributed by atoms with Gasteiger partial charge in [-0.1, -0.05) is 17.7 Å². The molecular weight excluding hydrogens is 314 g/mol. The molecule has 1 atom stereocenters. The number of imidazole rings is 2. The number of amides is 1. The highest BCUT2D eigenvalue weighted by Crippen LogP contribution is 2.25. The third-order valence-corrected chi connectivity index (χ3v) is 4.58. The van der Waals surface area contributed by atoms with Gasteiger partial charge in [-0.25, -0.2) is 9.97 Å². The van der Waals surface area contributed by atoms with Crippen LogP contribution < -0.4 is 0 Å². The maximum atomic E-state index is 13.0. The van der Waals surface area contributed by atoms with Gasteiger partial charge in [0.1, 0.15) is 5.65 Å². The largest absolute Gasteiger partial charge is 0.335 e. The van der Waals surface area contributed by atoms with Crippen molar-refractivity contribution in [2.24, 2.45) is 0 Å². The number of carbonyl (C=O) groups is 1. The molecule has 0 radical (unpaired) electrons. The van der Waals surface area contributed by atoms with Gasteiger partial charge in [-0.15, -0.1) is 0 Å². The Morgan fingerprint density at radius 3 is 3.04 bits per heavy atom. The predicted octanol–water partition coefficient (Wildman–Crippen LogP) is 2.66. The standard InChI is InChI=1S/C16H16ClN5O/c17-15-14(22-8-2-1-5-13(22)19-15)16(23)20-7-3-4-12(10-20)21-9-6-18-11-21/h1-2,5-6,8-9,11-12H,3-4,7,10H2/t12-/m0/s1. The molecule has 1 aliphatic heterocycles. The van der Waals surface area contributed by atoms with E-state index < -0.39 is 0 Å². The monoisotopic (exact) mass is 329 g/mol. The highest BCUT2D eigenvalue weighted by molar-refractivity contribution is 6.32. The van der Waals surface area contributed by atoms with E-state index in [2.05, 4.69) is 14.5 Å². The Morgan fingerprint density at radius 2 is 2.22 bits per heavy atom. The summed E-state index contributed by atoms with van der Waals surface area (Å²) < 4.78 is 3.82. The zero-order valence-electron chi connectivity index (χ0n) is 12.5. The summed E-state index contributed by atoms with van der Waals surface area (Å²) in [7, 11) is 0. The van der Waals surface area contributed by atoms with Crippen LogP contribution in [0, 0.1) is 0 Å². The van der Waals surface area contributed by atoms with E-state index in [1.165, 1.54) is 0 Å². The molecule has 0 N–H and O–H groups in total. The number of pyridine rings is 1. The molecule has 0 bridgehead atoms. The normalized spacial score (nSPS) is 18.5. The van der Waals surface area contributed by atoms with Gasteiger partial charge in [0.05, 0.1) is 12.4 Å². The van der Waals surface area contributed by atoms with Crippen molar-refractivity contribution in [3.63, 3.8) is 0 Å². The van der Waals surface area contributed by atoms with E-state index in [1.807, 2.05) is 35.5 Å². The Balaban J connectivity index is 1.64. The van der Waals surface area contributed by atoms with Crippen LogP contribution >= 0.6 is 11.6 Å². The first kappa shape index (κ1) is 14.3. The van der Waals surface area contributed by atoms with E-state index in [-0.39, 0.29) is 17.1 Å². The number of fused-ring (bicyclic) bond motifs is 1. The van der Waals surface area contributed by atoms with E-state index >= 15 is 0 Å². The molecule has 1 fully saturated rings. The van der Waals surface area contributed by atoms with E-state index in [1.54, 1.807) is 16.9 Å². The summed E-state index contributed by atoms with van der Waals surface area (Å²) in [5, 5.41) is 0.256. The van der Waals surface area contributed by atoms with Gasteiger partial charge < -0.3 is 9.47 Å². The van der Waals surface area contributed by atoms with Crippen molar-refractivity contribution in [1.82, 2.24) is 23.8 Å². The van der Waals surface area contributed by atoms with Crippen molar-refractivity contribution in [1.29, 1.82) is 0 Å². The maximum absolute atomic E-state index is 13.0. The highest BCUT2D eigenvalue weighted by Gasteiger charge is 2.28. The summed E-state index contributed by atoms with van der Waals surface area (Å²) in [5.41, 5.74) is 1.12. The lowest BCUT2D eigenvalue weighted by molar-refractivity contribution is 0.0672. The number of hydrogen-bond acceptors (Lipinski definition) is 3. The lowest BCUT2D eigenvalue weighted by Gasteiger charge is -2.33. The highest BCUT2D eigenvalue weighted by atomic mass is 35.5. The predicted molar refractivity (Wildman–Crippen MR) is 86.6 cm³/mol. The molecule has 23 heavy (non-hydrogen) atoms. The minimum absolute atomic E-state index is 0.0708. The summed E-state index contributed by atoms with van der Waals surface area (Å²) in [6.07, 6.45) is 9.34. The number of carbonyl (C=O) groups excluding carboxylic acids is 1. The minimum atomic E-state index is -0.0708. The fraction of sp³-hybridized carbons (Fsp3) is 0.312. The van der Waals surface area contributed by atoms with E-state index in [4.69, 9.17) is 11.6 Å². The van der Waals surface area contributed by atoms with Crippen molar-refractivity contribution < 1.29 is 4.79 Å². The average molecular weight is 330 g/mol. The van der Waals surface area contributed by atoms with Crippen LogP contribution in [-0.4, -0.2) is 42.8 Å². The number of halogens is 1. The van der Waals surface area contributed by atoms with Crippen molar-refractivity contribution in [2.45, 2.75) is 18.9 Å². The van der Waals surface area contributed by atoms with Gasteiger partial charge in [-0.3, -0.25) is 9.20 Å². The van der Waals surface area contributed by atoms with Crippen LogP contribution in [0.1, 0.15) is 29.4 Å². The molecule has 3 aromatic rings. The molecule has 0 saturated carbocycles. The Labute approximate surface area is 138 Å². The fourth-order valence-corrected chi connectivity index (χ4v) is 3.43. The first-order valence-electron chi connectivity index (χ1n) is 7.63. The van der Waals surface area contributed by atoms with Crippen LogP contribution in [0.4, 0.5) is 0 Å². The smallest absolute Gasteiger partial charge is 0.274 e. The zero-order valence-corrected chi connectivity index (χ0v) is 13.2. The van der Waals surface area contributed by atoms with Crippen LogP contribution in [0.25, 0.3) is 5.65 Å². The topological polar surface area (TPSA) is 55.4 Å². The third kappa shape index (κ3) is 2.49. The Kier molecular flexibility index (Phi) is 3.53. The number of piperidine rings is 1. The van der Waals surface area contributed by atoms with Crippen LogP contribution in [-0.2, 0) is 0 Å². The maximum Gasteiger partial charge on any atom is 0.274 e. The molecule has 0 spiro atoms. The number of rotatable bonds is 2. The minimum Gasteiger partial charge on any atom is -0.335 e. The van der Waals surface area contributed by atoms with Crippen LogP contribution in [0.3, 0.4) is 0 Å². The van der Waals surface area contributed by atoms with Crippen molar-refractivity contribution in [2.75, 3.05) is 13.1 Å². The van der Waals surface area contributed by atoms with E-state index in [0.717, 1.165) is 19.4 Å². The molecule has 1 saturated heterocycles. The third-order valence-electron chi connectivity index (χ3n) is 4.32. The molecule has 0 aliphatic carbocycles. The lowest BCUT2D eigenvalue weighted by atomic mass is 10.1. The van der Waals surface area contributed by atoms with Crippen molar-refractivity contribution >= 4 is 23.2 Å². The molecular formula is C16H16ClN5O. The van der Waals surface area contributed by atoms with Crippen molar-refractivity contribution in [3.05, 3.63) is 54.0 Å². The first-order chi connectivity index (χ1) is 11.2. The quantitative estimate of drug-likeness (QED) is 0.726. The van der Waals surface area contributed by atoms with E-state index in [9.17, 15) is 4.79 Å². The summed E-state index contributed by atoms with van der Waals surface area (Å²) in [6, 6.07) is 5.84. The number of likely N-dealkylation sites (tertiary alicyclic amines) is 1.